The van der Waals surface area contributed by atoms with Gasteiger partial charge in [0, 0.05) is 38.7 Å². The van der Waals surface area contributed by atoms with Gasteiger partial charge in [0.25, 0.3) is 0 Å². The third-order valence-electron chi connectivity index (χ3n) is 10.8. The van der Waals surface area contributed by atoms with Crippen LogP contribution in [0, 0.1) is 0 Å². The van der Waals surface area contributed by atoms with Crippen molar-refractivity contribution in [3.63, 3.8) is 0 Å². The first-order valence-corrected chi connectivity index (χ1v) is 18.2. The zero-order valence-electron chi connectivity index (χ0n) is 30.2. The fourth-order valence-corrected chi connectivity index (χ4v) is 8.07. The first-order valence-electron chi connectivity index (χ1n) is 18.2. The molecule has 1 aliphatic rings. The fourth-order valence-electron chi connectivity index (χ4n) is 8.07. The number of benzene rings is 7. The number of rotatable bonds is 6. The maximum Gasteiger partial charge on any atom is 0.160 e. The molecule has 0 N–H and O–H groups in total. The van der Waals surface area contributed by atoms with E-state index in [1.165, 1.54) is 49.6 Å². The molecule has 0 bridgehead atoms. The lowest BCUT2D eigenvalue weighted by molar-refractivity contribution is 0.660. The van der Waals surface area contributed by atoms with Gasteiger partial charge in [0.15, 0.2) is 5.84 Å². The van der Waals surface area contributed by atoms with Gasteiger partial charge in [0.2, 0.25) is 0 Å². The number of hydrogen-bond acceptors (Lipinski definition) is 1. The Hall–Kier alpha value is -6.58. The Morgan fingerprint density at radius 3 is 1.79 bits per heavy atom. The van der Waals surface area contributed by atoms with Crippen LogP contribution in [0.3, 0.4) is 0 Å². The first kappa shape index (κ1) is 32.3. The normalized spacial score (nSPS) is 13.6. The highest BCUT2D eigenvalue weighted by Crippen LogP contribution is 2.50. The summed E-state index contributed by atoms with van der Waals surface area (Å²) in [5.74, 6) is 0.622. The van der Waals surface area contributed by atoms with Gasteiger partial charge in [0.1, 0.15) is 0 Å². The van der Waals surface area contributed by atoms with Crippen molar-refractivity contribution in [2.75, 3.05) is 0 Å². The minimum absolute atomic E-state index is 0.0953. The average Bonchev–Trinajstić information content (AvgIpc) is 3.67. The number of aromatic nitrogens is 1. The fraction of sp³-hybridized carbons (Fsp3) is 0.0800. The highest BCUT2D eigenvalue weighted by Gasteiger charge is 2.36. The van der Waals surface area contributed by atoms with Gasteiger partial charge < -0.3 is 4.57 Å². The van der Waals surface area contributed by atoms with E-state index < -0.39 is 0 Å². The summed E-state index contributed by atoms with van der Waals surface area (Å²) in [6.45, 7) is 11.2. The lowest BCUT2D eigenvalue weighted by Crippen LogP contribution is -2.15. The summed E-state index contributed by atoms with van der Waals surface area (Å²) in [5.41, 5.74) is 15.4. The van der Waals surface area contributed by atoms with Crippen LogP contribution in [-0.4, -0.2) is 16.1 Å². The molecule has 0 fully saturated rings. The predicted molar refractivity (Wildman–Crippen MR) is 224 cm³/mol. The van der Waals surface area contributed by atoms with Crippen LogP contribution >= 0.6 is 0 Å². The van der Waals surface area contributed by atoms with Crippen molar-refractivity contribution < 1.29 is 0 Å². The largest absolute Gasteiger partial charge is 0.309 e. The van der Waals surface area contributed by atoms with E-state index in [1.54, 1.807) is 0 Å². The minimum atomic E-state index is -0.0953. The Bertz CT molecular complexity index is 2690. The molecule has 1 aliphatic carbocycles. The van der Waals surface area contributed by atoms with Crippen LogP contribution in [0.25, 0.3) is 55.4 Å². The van der Waals surface area contributed by atoms with Gasteiger partial charge in [-0.05, 0) is 82.3 Å². The zero-order chi connectivity index (χ0) is 36.1. The van der Waals surface area contributed by atoms with Crippen LogP contribution in [0.4, 0.5) is 0 Å². The van der Waals surface area contributed by atoms with Gasteiger partial charge in [-0.2, -0.15) is 0 Å². The Morgan fingerprint density at radius 2 is 1.09 bits per heavy atom. The van der Waals surface area contributed by atoms with E-state index in [1.807, 2.05) is 6.07 Å². The first-order chi connectivity index (χ1) is 25.9. The molecule has 0 saturated carbocycles. The Morgan fingerprint density at radius 1 is 0.528 bits per heavy atom. The third-order valence-corrected chi connectivity index (χ3v) is 10.8. The van der Waals surface area contributed by atoms with E-state index in [0.717, 1.165) is 33.7 Å². The number of hydrogen-bond donors (Lipinski definition) is 0. The molecule has 0 unspecified atom stereocenters. The summed E-state index contributed by atoms with van der Waals surface area (Å²) in [6, 6.07) is 60.0. The second kappa shape index (κ2) is 12.9. The lowest BCUT2D eigenvalue weighted by atomic mass is 9.82. The van der Waals surface area contributed by atoms with Crippen LogP contribution in [0.1, 0.15) is 48.6 Å². The highest BCUT2D eigenvalue weighted by atomic mass is 15.0. The smallest absolute Gasteiger partial charge is 0.160 e. The molecular weight excluding hydrogens is 643 g/mol. The number of nitrogens with zero attached hydrogens (tertiary/aromatic N) is 3. The molecule has 7 aromatic carbocycles. The molecule has 3 heteroatoms. The number of amidine groups is 1. The number of para-hydroxylation sites is 2. The monoisotopic (exact) mass is 681 g/mol. The molecule has 9 rings (SSSR count). The van der Waals surface area contributed by atoms with E-state index in [2.05, 4.69) is 196 Å². The average molecular weight is 682 g/mol. The molecular formula is C50H39N3. The maximum atomic E-state index is 5.34. The zero-order valence-corrected chi connectivity index (χ0v) is 30.2. The lowest BCUT2D eigenvalue weighted by Gasteiger charge is -2.21. The van der Waals surface area contributed by atoms with Gasteiger partial charge in [-0.15, -0.1) is 0 Å². The van der Waals surface area contributed by atoms with Gasteiger partial charge in [0.05, 0.1) is 16.7 Å². The number of fused-ring (bicyclic) bond motifs is 6. The molecule has 254 valence electrons. The Labute approximate surface area is 311 Å². The number of aliphatic imine (C=N–C) groups is 2. The molecule has 8 aromatic rings. The van der Waals surface area contributed by atoms with Crippen molar-refractivity contribution in [1.29, 1.82) is 0 Å². The quantitative estimate of drug-likeness (QED) is 0.124. The molecule has 1 aromatic heterocycles. The van der Waals surface area contributed by atoms with E-state index >= 15 is 0 Å². The van der Waals surface area contributed by atoms with E-state index in [4.69, 9.17) is 9.98 Å². The van der Waals surface area contributed by atoms with Gasteiger partial charge in [-0.3, -0.25) is 0 Å². The van der Waals surface area contributed by atoms with Gasteiger partial charge in [-0.1, -0.05) is 154 Å². The minimum Gasteiger partial charge on any atom is -0.309 e. The summed E-state index contributed by atoms with van der Waals surface area (Å²) in [4.78, 5) is 10.5. The van der Waals surface area contributed by atoms with E-state index in [0.29, 0.717) is 11.5 Å². The molecule has 0 aliphatic heterocycles. The van der Waals surface area contributed by atoms with Crippen LogP contribution < -0.4 is 0 Å². The van der Waals surface area contributed by atoms with Crippen LogP contribution in [-0.2, 0) is 5.41 Å². The molecule has 3 nitrogen and oxygen atoms in total. The molecule has 0 amide bonds. The molecule has 0 saturated heterocycles. The summed E-state index contributed by atoms with van der Waals surface area (Å²) in [6.07, 6.45) is 0. The predicted octanol–water partition coefficient (Wildman–Crippen LogP) is 12.7. The van der Waals surface area contributed by atoms with Crippen molar-refractivity contribution in [3.05, 3.63) is 204 Å². The summed E-state index contributed by atoms with van der Waals surface area (Å²) in [5, 5.41) is 2.48. The third kappa shape index (κ3) is 5.53. The van der Waals surface area contributed by atoms with Crippen LogP contribution in [0.15, 0.2) is 186 Å². The maximum absolute atomic E-state index is 5.34. The van der Waals surface area contributed by atoms with Crippen molar-refractivity contribution in [1.82, 2.24) is 4.57 Å². The van der Waals surface area contributed by atoms with Gasteiger partial charge in [-0.25, -0.2) is 9.98 Å². The molecule has 1 heterocycles. The molecule has 53 heavy (non-hydrogen) atoms. The Kier molecular flexibility index (Phi) is 7.86. The molecule has 0 atom stereocenters. The Balaban J connectivity index is 1.15. The summed E-state index contributed by atoms with van der Waals surface area (Å²) in [7, 11) is 0. The van der Waals surface area contributed by atoms with Crippen molar-refractivity contribution in [3.8, 4) is 27.9 Å². The molecule has 0 spiro atoms. The second-order valence-electron chi connectivity index (χ2n) is 14.3. The van der Waals surface area contributed by atoms with E-state index in [9.17, 15) is 0 Å². The van der Waals surface area contributed by atoms with E-state index in [-0.39, 0.29) is 5.41 Å². The highest BCUT2D eigenvalue weighted by molar-refractivity contribution is 6.16. The van der Waals surface area contributed by atoms with Gasteiger partial charge >= 0.3 is 0 Å². The second-order valence-corrected chi connectivity index (χ2v) is 14.3. The van der Waals surface area contributed by atoms with Crippen molar-refractivity contribution >= 4 is 39.1 Å². The van der Waals surface area contributed by atoms with Crippen molar-refractivity contribution in [2.45, 2.75) is 26.2 Å². The standard InChI is InChI=1S/C50H39N3/c1-33(35-25-27-37(28-26-35)36-15-6-5-7-16-36)51-49(52-34(2)40-20-14-22-45-48(40)43-19-8-11-21-44(43)50(45,3)4)38-29-31-39(32-30-38)53-46-23-12-9-17-41(46)42-18-10-13-24-47(42)53/h5-32H,1H2,2-4H3. The van der Waals surface area contributed by atoms with Crippen LogP contribution in [0.5, 0.6) is 0 Å². The summed E-state index contributed by atoms with van der Waals surface area (Å²) >= 11 is 0. The SMILES string of the molecule is C=C(N=C(N=C(C)c1cccc2c1-c1ccccc1C2(C)C)c1ccc(-n2c3ccccc3c3ccccc32)cc1)c1ccc(-c2ccccc2)cc1. The van der Waals surface area contributed by atoms with Crippen molar-refractivity contribution in [2.24, 2.45) is 9.98 Å². The summed E-state index contributed by atoms with van der Waals surface area (Å²) < 4.78 is 2.33. The van der Waals surface area contributed by atoms with Crippen LogP contribution in [0.2, 0.25) is 0 Å². The molecule has 0 radical (unpaired) electrons. The topological polar surface area (TPSA) is 29.6 Å².